The zero-order valence-electron chi connectivity index (χ0n) is 12.7. The Balaban J connectivity index is 1.79. The topological polar surface area (TPSA) is 39.3 Å². The molecule has 1 fully saturated rings. The monoisotopic (exact) mass is 323 g/mol. The molecule has 1 aromatic carbocycles. The van der Waals surface area contributed by atoms with E-state index in [2.05, 4.69) is 9.88 Å². The molecular weight excluding hydrogens is 305 g/mol. The molecule has 6 heteroatoms. The lowest BCUT2D eigenvalue weighted by molar-refractivity contribution is -0.142. The number of rotatable bonds is 2. The molecule has 1 N–H and O–H groups in total. The Morgan fingerprint density at radius 2 is 1.95 bits per heavy atom. The van der Waals surface area contributed by atoms with E-state index in [1.807, 2.05) is 24.4 Å². The van der Waals surface area contributed by atoms with Crippen molar-refractivity contribution in [2.24, 2.45) is 0 Å². The molecule has 1 aliphatic rings. The van der Waals surface area contributed by atoms with Crippen molar-refractivity contribution in [1.29, 1.82) is 0 Å². The lowest BCUT2D eigenvalue weighted by Gasteiger charge is -2.38. The van der Waals surface area contributed by atoms with Gasteiger partial charge in [-0.1, -0.05) is 11.6 Å². The summed E-state index contributed by atoms with van der Waals surface area (Å²) >= 11 is 6.18. The summed E-state index contributed by atoms with van der Waals surface area (Å²) in [4.78, 5) is 18.9. The molecule has 4 nitrogen and oxygen atoms in total. The van der Waals surface area contributed by atoms with Gasteiger partial charge in [-0.2, -0.15) is 0 Å². The molecule has 1 aliphatic heterocycles. The van der Waals surface area contributed by atoms with Crippen LogP contribution < -0.4 is 4.90 Å². The van der Waals surface area contributed by atoms with Crippen molar-refractivity contribution < 1.29 is 9.18 Å². The summed E-state index contributed by atoms with van der Waals surface area (Å²) in [6, 6.07) is 5.85. The fourth-order valence-electron chi connectivity index (χ4n) is 2.90. The highest BCUT2D eigenvalue weighted by atomic mass is 35.5. The van der Waals surface area contributed by atoms with Crippen molar-refractivity contribution in [1.82, 2.24) is 9.88 Å². The minimum absolute atomic E-state index is 0.440. The molecule has 2 aromatic rings. The fraction of sp³-hybridized carbons (Fsp3) is 0.438. The van der Waals surface area contributed by atoms with E-state index in [1.165, 1.54) is 13.8 Å². The van der Waals surface area contributed by atoms with Crippen molar-refractivity contribution in [2.45, 2.75) is 19.5 Å². The zero-order chi connectivity index (χ0) is 15.9. The number of benzene rings is 1. The number of aromatic amines is 1. The van der Waals surface area contributed by atoms with Crippen LogP contribution in [-0.4, -0.2) is 47.6 Å². The molecule has 1 aromatic heterocycles. The minimum atomic E-state index is -1.81. The average Bonchev–Trinajstić information content (AvgIpc) is 2.93. The number of H-pyrrole nitrogens is 1. The Hall–Kier alpha value is -1.75. The number of nitrogens with one attached hydrogen (secondary N) is 1. The van der Waals surface area contributed by atoms with Gasteiger partial charge in [0.1, 0.15) is 0 Å². The van der Waals surface area contributed by atoms with Crippen molar-refractivity contribution >= 4 is 34.1 Å². The predicted molar refractivity (Wildman–Crippen MR) is 87.3 cm³/mol. The van der Waals surface area contributed by atoms with Gasteiger partial charge in [0.2, 0.25) is 0 Å². The Bertz CT molecular complexity index is 699. The Kier molecular flexibility index (Phi) is 3.77. The summed E-state index contributed by atoms with van der Waals surface area (Å²) in [6.07, 6.45) is 1.88. The highest BCUT2D eigenvalue weighted by Gasteiger charge is 2.33. The van der Waals surface area contributed by atoms with E-state index in [9.17, 15) is 9.18 Å². The number of aromatic nitrogens is 1. The number of nitrogens with zero attached hydrogens (tertiary/aromatic N) is 2. The van der Waals surface area contributed by atoms with Gasteiger partial charge in [0.05, 0.1) is 0 Å². The molecule has 0 bridgehead atoms. The van der Waals surface area contributed by atoms with Gasteiger partial charge in [0.25, 0.3) is 5.91 Å². The molecule has 0 unspecified atom stereocenters. The molecule has 1 saturated heterocycles. The van der Waals surface area contributed by atoms with Crippen molar-refractivity contribution in [3.8, 4) is 0 Å². The van der Waals surface area contributed by atoms with Crippen LogP contribution in [0, 0.1) is 0 Å². The van der Waals surface area contributed by atoms with Crippen LogP contribution in [0.1, 0.15) is 13.8 Å². The summed E-state index contributed by atoms with van der Waals surface area (Å²) in [7, 11) is 0. The maximum atomic E-state index is 13.8. The van der Waals surface area contributed by atoms with Crippen LogP contribution in [0.5, 0.6) is 0 Å². The number of fused-ring (bicyclic) bond motifs is 1. The molecule has 2 heterocycles. The summed E-state index contributed by atoms with van der Waals surface area (Å²) in [5.74, 6) is -0.440. The number of hydrogen-bond donors (Lipinski definition) is 1. The first-order chi connectivity index (χ1) is 10.4. The fourth-order valence-corrected chi connectivity index (χ4v) is 3.11. The van der Waals surface area contributed by atoms with E-state index < -0.39 is 11.6 Å². The first-order valence-corrected chi connectivity index (χ1v) is 7.74. The number of anilines is 1. The lowest BCUT2D eigenvalue weighted by Crippen LogP contribution is -2.53. The number of hydrogen-bond acceptors (Lipinski definition) is 2. The molecule has 0 spiro atoms. The molecule has 3 rings (SSSR count). The summed E-state index contributed by atoms with van der Waals surface area (Å²) < 4.78 is 13.8. The van der Waals surface area contributed by atoms with Crippen LogP contribution in [0.15, 0.2) is 24.4 Å². The van der Waals surface area contributed by atoms with E-state index in [0.717, 1.165) is 16.6 Å². The van der Waals surface area contributed by atoms with Crippen molar-refractivity contribution in [2.75, 3.05) is 31.1 Å². The van der Waals surface area contributed by atoms with Gasteiger partial charge >= 0.3 is 0 Å². The van der Waals surface area contributed by atoms with Gasteiger partial charge in [0, 0.05) is 54.0 Å². The Labute approximate surface area is 133 Å². The van der Waals surface area contributed by atoms with Crippen molar-refractivity contribution in [3.63, 3.8) is 0 Å². The minimum Gasteiger partial charge on any atom is -0.367 e. The molecule has 118 valence electrons. The predicted octanol–water partition coefficient (Wildman–Crippen LogP) is 3.22. The third kappa shape index (κ3) is 2.77. The normalized spacial score (nSPS) is 16.4. The molecular formula is C16H19ClFN3O. The highest BCUT2D eigenvalue weighted by molar-refractivity contribution is 6.31. The molecule has 0 saturated carbocycles. The van der Waals surface area contributed by atoms with E-state index in [0.29, 0.717) is 31.2 Å². The zero-order valence-corrected chi connectivity index (χ0v) is 13.5. The second kappa shape index (κ2) is 5.47. The number of halogens is 2. The molecule has 1 amide bonds. The number of alkyl halides is 1. The number of carbonyl (C=O) groups is 1. The molecule has 22 heavy (non-hydrogen) atoms. The van der Waals surface area contributed by atoms with Crippen LogP contribution >= 0.6 is 11.6 Å². The molecule has 0 aliphatic carbocycles. The maximum absolute atomic E-state index is 13.8. The van der Waals surface area contributed by atoms with E-state index in [1.54, 1.807) is 4.90 Å². The van der Waals surface area contributed by atoms with Crippen LogP contribution in [0.3, 0.4) is 0 Å². The highest BCUT2D eigenvalue weighted by Crippen LogP contribution is 2.31. The first-order valence-electron chi connectivity index (χ1n) is 7.36. The first kappa shape index (κ1) is 15.2. The second-order valence-corrected chi connectivity index (χ2v) is 6.55. The summed E-state index contributed by atoms with van der Waals surface area (Å²) in [5.41, 5.74) is 0.229. The second-order valence-electron chi connectivity index (χ2n) is 6.12. The van der Waals surface area contributed by atoms with Crippen LogP contribution in [0.2, 0.25) is 5.02 Å². The summed E-state index contributed by atoms with van der Waals surface area (Å²) in [6.45, 7) is 4.99. The standard InChI is InChI=1S/C16H19ClFN3O/c1-16(2,18)15(22)21-7-5-20(6-8-21)14-10-11(17)9-13-12(14)3-4-19-13/h3-4,9-10,19H,5-8H2,1-2H3. The van der Waals surface area contributed by atoms with E-state index >= 15 is 0 Å². The molecule has 0 radical (unpaired) electrons. The van der Waals surface area contributed by atoms with Crippen LogP contribution in [0.4, 0.5) is 10.1 Å². The Morgan fingerprint density at radius 3 is 2.59 bits per heavy atom. The number of amides is 1. The SMILES string of the molecule is CC(C)(F)C(=O)N1CCN(c2cc(Cl)cc3[nH]ccc23)CC1. The number of piperazine rings is 1. The lowest BCUT2D eigenvalue weighted by atomic mass is 10.1. The van der Waals surface area contributed by atoms with Gasteiger partial charge in [0.15, 0.2) is 5.67 Å². The van der Waals surface area contributed by atoms with E-state index in [4.69, 9.17) is 11.6 Å². The van der Waals surface area contributed by atoms with Gasteiger partial charge in [-0.3, -0.25) is 4.79 Å². The Morgan fingerprint density at radius 1 is 1.27 bits per heavy atom. The third-order valence-electron chi connectivity index (χ3n) is 4.03. The van der Waals surface area contributed by atoms with Gasteiger partial charge in [-0.05, 0) is 32.0 Å². The van der Waals surface area contributed by atoms with Gasteiger partial charge in [-0.25, -0.2) is 4.39 Å². The van der Waals surface area contributed by atoms with Gasteiger partial charge in [-0.15, -0.1) is 0 Å². The van der Waals surface area contributed by atoms with Crippen molar-refractivity contribution in [3.05, 3.63) is 29.4 Å². The average molecular weight is 324 g/mol. The maximum Gasteiger partial charge on any atom is 0.259 e. The van der Waals surface area contributed by atoms with Crippen LogP contribution in [-0.2, 0) is 4.79 Å². The quantitative estimate of drug-likeness (QED) is 0.921. The summed E-state index contributed by atoms with van der Waals surface area (Å²) in [5, 5.41) is 1.78. The van der Waals surface area contributed by atoms with Gasteiger partial charge < -0.3 is 14.8 Å². The van der Waals surface area contributed by atoms with E-state index in [-0.39, 0.29) is 0 Å². The third-order valence-corrected chi connectivity index (χ3v) is 4.25. The smallest absolute Gasteiger partial charge is 0.259 e. The van der Waals surface area contributed by atoms with Crippen LogP contribution in [0.25, 0.3) is 10.9 Å². The number of carbonyl (C=O) groups excluding carboxylic acids is 1. The molecule has 0 atom stereocenters. The largest absolute Gasteiger partial charge is 0.367 e.